The van der Waals surface area contributed by atoms with Crippen LogP contribution in [0.3, 0.4) is 0 Å². The van der Waals surface area contributed by atoms with Crippen molar-refractivity contribution in [3.63, 3.8) is 0 Å². The first kappa shape index (κ1) is 12.9. The Labute approximate surface area is 102 Å². The molecule has 0 saturated heterocycles. The van der Waals surface area contributed by atoms with Gasteiger partial charge in [-0.15, -0.1) is 0 Å². The molecule has 1 heterocycles. The topological polar surface area (TPSA) is 35.3 Å². The molecular formula is C10H18BrNO2Si. The van der Waals surface area contributed by atoms with E-state index in [0.717, 1.165) is 0 Å². The molecule has 0 N–H and O–H groups in total. The van der Waals surface area contributed by atoms with E-state index in [9.17, 15) is 0 Å². The van der Waals surface area contributed by atoms with Gasteiger partial charge >= 0.3 is 0 Å². The van der Waals surface area contributed by atoms with Gasteiger partial charge in [0.1, 0.15) is 5.60 Å². The predicted molar refractivity (Wildman–Crippen MR) is 66.6 cm³/mol. The third-order valence-corrected chi connectivity index (χ3v) is 3.96. The van der Waals surface area contributed by atoms with Crippen molar-refractivity contribution in [1.82, 2.24) is 4.98 Å². The van der Waals surface area contributed by atoms with E-state index in [1.807, 2.05) is 13.8 Å². The van der Waals surface area contributed by atoms with Crippen LogP contribution >= 0.6 is 15.9 Å². The van der Waals surface area contributed by atoms with Crippen molar-refractivity contribution in [3.05, 3.63) is 16.8 Å². The van der Waals surface area contributed by atoms with Gasteiger partial charge in [0.25, 0.3) is 0 Å². The summed E-state index contributed by atoms with van der Waals surface area (Å²) in [7, 11) is -0.604. The van der Waals surface area contributed by atoms with Crippen LogP contribution in [0, 0.1) is 0 Å². The number of hydrogen-bond acceptors (Lipinski definition) is 3. The van der Waals surface area contributed by atoms with Crippen molar-refractivity contribution in [2.24, 2.45) is 0 Å². The molecular weight excluding hydrogens is 274 g/mol. The summed E-state index contributed by atoms with van der Waals surface area (Å²) >= 11 is 3.24. The highest BCUT2D eigenvalue weighted by atomic mass is 79.9. The van der Waals surface area contributed by atoms with Crippen LogP contribution in [0.25, 0.3) is 0 Å². The molecule has 5 heteroatoms. The maximum absolute atomic E-state index is 5.96. The summed E-state index contributed by atoms with van der Waals surface area (Å²) in [6, 6.07) is 0. The lowest BCUT2D eigenvalue weighted by Crippen LogP contribution is -2.27. The predicted octanol–water partition coefficient (Wildman–Crippen LogP) is 2.99. The SMILES string of the molecule is CC(C)(C)[SiH2]OC(C)(C)c1ncc(Br)o1. The first-order valence-corrected chi connectivity index (χ1v) is 7.04. The number of nitrogens with zero attached hydrogens (tertiary/aromatic N) is 1. The van der Waals surface area contributed by atoms with Crippen LogP contribution in [0.4, 0.5) is 0 Å². The molecule has 3 nitrogen and oxygen atoms in total. The van der Waals surface area contributed by atoms with Crippen molar-refractivity contribution < 1.29 is 8.84 Å². The molecule has 0 spiro atoms. The summed E-state index contributed by atoms with van der Waals surface area (Å²) in [6.45, 7) is 10.6. The molecule has 0 aliphatic carbocycles. The highest BCUT2D eigenvalue weighted by Crippen LogP contribution is 2.29. The molecule has 1 aromatic heterocycles. The van der Waals surface area contributed by atoms with Gasteiger partial charge in [-0.05, 0) is 34.8 Å². The molecule has 15 heavy (non-hydrogen) atoms. The summed E-state index contributed by atoms with van der Waals surface area (Å²) in [5.74, 6) is 0.631. The average Bonchev–Trinajstić information content (AvgIpc) is 2.48. The summed E-state index contributed by atoms with van der Waals surface area (Å²) in [5, 5.41) is 0.279. The zero-order valence-electron chi connectivity index (χ0n) is 9.93. The fraction of sp³-hybridized carbons (Fsp3) is 0.700. The third-order valence-electron chi connectivity index (χ3n) is 1.86. The van der Waals surface area contributed by atoms with Gasteiger partial charge in [0, 0.05) is 0 Å². The smallest absolute Gasteiger partial charge is 0.226 e. The minimum atomic E-state index is -0.604. The molecule has 1 aromatic rings. The molecule has 0 aliphatic rings. The van der Waals surface area contributed by atoms with Crippen LogP contribution in [-0.4, -0.2) is 14.7 Å². The Hall–Kier alpha value is -0.133. The molecule has 1 rings (SSSR count). The zero-order chi connectivity index (χ0) is 11.7. The van der Waals surface area contributed by atoms with Crippen molar-refractivity contribution in [3.8, 4) is 0 Å². The second-order valence-corrected chi connectivity index (χ2v) is 8.81. The summed E-state index contributed by atoms with van der Waals surface area (Å²) in [6.07, 6.45) is 1.65. The van der Waals surface area contributed by atoms with E-state index >= 15 is 0 Å². The van der Waals surface area contributed by atoms with Crippen LogP contribution in [0.15, 0.2) is 15.3 Å². The number of rotatable bonds is 3. The van der Waals surface area contributed by atoms with E-state index in [2.05, 4.69) is 41.7 Å². The summed E-state index contributed by atoms with van der Waals surface area (Å²) in [4.78, 5) is 4.17. The van der Waals surface area contributed by atoms with Gasteiger partial charge in [-0.25, -0.2) is 4.98 Å². The largest absolute Gasteiger partial charge is 0.431 e. The van der Waals surface area contributed by atoms with Gasteiger partial charge in [-0.3, -0.25) is 0 Å². The number of hydrogen-bond donors (Lipinski definition) is 0. The Kier molecular flexibility index (Phi) is 3.79. The van der Waals surface area contributed by atoms with Crippen molar-refractivity contribution >= 4 is 25.7 Å². The molecule has 0 fully saturated rings. The number of aromatic nitrogens is 1. The molecule has 0 atom stereocenters. The van der Waals surface area contributed by atoms with E-state index < -0.39 is 15.4 Å². The van der Waals surface area contributed by atoms with E-state index in [1.165, 1.54) is 0 Å². The fourth-order valence-electron chi connectivity index (χ4n) is 0.991. The third kappa shape index (κ3) is 4.08. The van der Waals surface area contributed by atoms with Crippen LogP contribution in [0.1, 0.15) is 40.5 Å². The van der Waals surface area contributed by atoms with Gasteiger partial charge < -0.3 is 8.84 Å². The minimum Gasteiger partial charge on any atom is -0.431 e. The van der Waals surface area contributed by atoms with E-state index in [4.69, 9.17) is 8.84 Å². The van der Waals surface area contributed by atoms with Gasteiger partial charge in [-0.1, -0.05) is 20.8 Å². The Morgan fingerprint density at radius 3 is 2.33 bits per heavy atom. The quantitative estimate of drug-likeness (QED) is 0.803. The van der Waals surface area contributed by atoms with Crippen molar-refractivity contribution in [2.45, 2.75) is 45.3 Å². The Morgan fingerprint density at radius 1 is 1.33 bits per heavy atom. The monoisotopic (exact) mass is 291 g/mol. The second-order valence-electron chi connectivity index (χ2n) is 5.33. The summed E-state index contributed by atoms with van der Waals surface area (Å²) < 4.78 is 12.0. The number of oxazole rings is 1. The molecule has 0 saturated carbocycles. The lowest BCUT2D eigenvalue weighted by molar-refractivity contribution is 0.0756. The van der Waals surface area contributed by atoms with Gasteiger partial charge in [0.2, 0.25) is 5.89 Å². The van der Waals surface area contributed by atoms with Gasteiger partial charge in [0.15, 0.2) is 14.4 Å². The van der Waals surface area contributed by atoms with Crippen molar-refractivity contribution in [1.29, 1.82) is 0 Å². The standard InChI is InChI=1S/C10H18BrNO2Si/c1-9(2,3)15-14-10(4,5)8-12-6-7(11)13-8/h6H,15H2,1-5H3. The van der Waals surface area contributed by atoms with Gasteiger partial charge in [0.05, 0.1) is 6.20 Å². The normalized spacial score (nSPS) is 14.0. The van der Waals surface area contributed by atoms with Crippen molar-refractivity contribution in [2.75, 3.05) is 0 Å². The summed E-state index contributed by atoms with van der Waals surface area (Å²) in [5.41, 5.74) is -0.425. The van der Waals surface area contributed by atoms with E-state index in [1.54, 1.807) is 6.20 Å². The van der Waals surface area contributed by atoms with Crippen LogP contribution < -0.4 is 0 Å². The molecule has 0 bridgehead atoms. The fourth-order valence-corrected chi connectivity index (χ4v) is 2.16. The average molecular weight is 292 g/mol. The second kappa shape index (κ2) is 4.39. The number of halogens is 1. The lowest BCUT2D eigenvalue weighted by Gasteiger charge is -2.27. The maximum atomic E-state index is 5.96. The highest BCUT2D eigenvalue weighted by Gasteiger charge is 2.28. The molecule has 0 aliphatic heterocycles. The van der Waals surface area contributed by atoms with Crippen LogP contribution in [0.5, 0.6) is 0 Å². The molecule has 0 amide bonds. The maximum Gasteiger partial charge on any atom is 0.226 e. The first-order chi connectivity index (χ1) is 6.71. The lowest BCUT2D eigenvalue weighted by atomic mass is 10.1. The van der Waals surface area contributed by atoms with Gasteiger partial charge in [-0.2, -0.15) is 0 Å². The first-order valence-electron chi connectivity index (χ1n) is 4.96. The minimum absolute atomic E-state index is 0.279. The van der Waals surface area contributed by atoms with Crippen LogP contribution in [-0.2, 0) is 10.0 Å². The highest BCUT2D eigenvalue weighted by molar-refractivity contribution is 9.10. The molecule has 0 unspecified atom stereocenters. The Morgan fingerprint density at radius 2 is 1.93 bits per heavy atom. The van der Waals surface area contributed by atoms with E-state index in [-0.39, 0.29) is 5.04 Å². The van der Waals surface area contributed by atoms with Crippen LogP contribution in [0.2, 0.25) is 5.04 Å². The molecule has 86 valence electrons. The Bertz CT molecular complexity index is 330. The molecule has 0 radical (unpaired) electrons. The molecule has 0 aromatic carbocycles. The zero-order valence-corrected chi connectivity index (χ0v) is 12.9. The Balaban J connectivity index is 2.67. The van der Waals surface area contributed by atoms with E-state index in [0.29, 0.717) is 10.6 Å².